The minimum Gasteiger partial charge on any atom is -0.466 e. The van der Waals surface area contributed by atoms with Gasteiger partial charge in [-0.25, -0.2) is 17.8 Å². The van der Waals surface area contributed by atoms with Gasteiger partial charge in [0.15, 0.2) is 5.03 Å². The lowest BCUT2D eigenvalue weighted by atomic mass is 10.0. The van der Waals surface area contributed by atoms with Crippen molar-refractivity contribution in [2.45, 2.75) is 36.6 Å². The number of pyridine rings is 2. The monoisotopic (exact) mass is 491 g/mol. The van der Waals surface area contributed by atoms with Crippen LogP contribution < -0.4 is 0 Å². The number of aromatic nitrogens is 2. The summed E-state index contributed by atoms with van der Waals surface area (Å²) >= 11 is 0. The Morgan fingerprint density at radius 2 is 1.91 bits per heavy atom. The molecule has 35 heavy (non-hydrogen) atoms. The lowest BCUT2D eigenvalue weighted by Gasteiger charge is -2.11. The average molecular weight is 492 g/mol. The van der Waals surface area contributed by atoms with Gasteiger partial charge in [-0.15, -0.1) is 0 Å². The van der Waals surface area contributed by atoms with Crippen LogP contribution in [0.15, 0.2) is 70.8 Å². The zero-order valence-electron chi connectivity index (χ0n) is 19.2. The fourth-order valence-corrected chi connectivity index (χ4v) is 5.49. The van der Waals surface area contributed by atoms with Gasteiger partial charge in [0, 0.05) is 30.0 Å². The van der Waals surface area contributed by atoms with Crippen LogP contribution in [0.3, 0.4) is 0 Å². The first kappa shape index (κ1) is 24.1. The maximum absolute atomic E-state index is 13.4. The summed E-state index contributed by atoms with van der Waals surface area (Å²) in [6.07, 6.45) is 3.27. The first-order valence-electron chi connectivity index (χ1n) is 10.9. The second-order valence-electron chi connectivity index (χ2n) is 7.92. The number of halogens is 1. The van der Waals surface area contributed by atoms with Gasteiger partial charge in [-0.1, -0.05) is 6.07 Å². The van der Waals surface area contributed by atoms with Crippen LogP contribution in [0, 0.1) is 24.1 Å². The molecule has 0 aliphatic heterocycles. The molecule has 1 aromatic carbocycles. The number of sulfone groups is 1. The highest BCUT2D eigenvalue weighted by Crippen LogP contribution is 2.30. The molecule has 0 unspecified atom stereocenters. The summed E-state index contributed by atoms with van der Waals surface area (Å²) in [6.45, 7) is 3.85. The summed E-state index contributed by atoms with van der Waals surface area (Å²) < 4.78 is 47.0. The zero-order valence-corrected chi connectivity index (χ0v) is 20.0. The third-order valence-electron chi connectivity index (χ3n) is 5.78. The second kappa shape index (κ2) is 9.68. The Bertz CT molecular complexity index is 1570. The lowest BCUT2D eigenvalue weighted by Crippen LogP contribution is -2.10. The Balaban J connectivity index is 1.85. The van der Waals surface area contributed by atoms with Crippen LogP contribution in [-0.2, 0) is 32.2 Å². The summed E-state index contributed by atoms with van der Waals surface area (Å²) in [5, 5.41) is 9.28. The predicted octanol–water partition coefficient (Wildman–Crippen LogP) is 4.18. The van der Waals surface area contributed by atoms with Crippen LogP contribution in [0.1, 0.15) is 34.9 Å². The molecule has 4 aromatic rings. The molecule has 0 bridgehead atoms. The summed E-state index contributed by atoms with van der Waals surface area (Å²) in [6, 6.07) is 13.4. The van der Waals surface area contributed by atoms with E-state index in [1.54, 1.807) is 37.4 Å². The maximum atomic E-state index is 13.4. The van der Waals surface area contributed by atoms with Crippen molar-refractivity contribution < 1.29 is 22.3 Å². The fraction of sp³-hybridized carbons (Fsp3) is 0.192. The number of benzene rings is 1. The molecule has 0 N–H and O–H groups in total. The van der Waals surface area contributed by atoms with E-state index in [1.165, 1.54) is 18.3 Å². The second-order valence-corrected chi connectivity index (χ2v) is 9.78. The van der Waals surface area contributed by atoms with Crippen molar-refractivity contribution in [3.8, 4) is 6.07 Å². The van der Waals surface area contributed by atoms with E-state index in [1.807, 2.05) is 11.3 Å². The van der Waals surface area contributed by atoms with E-state index in [0.717, 1.165) is 34.5 Å². The van der Waals surface area contributed by atoms with E-state index < -0.39 is 15.7 Å². The molecule has 9 heteroatoms. The molecule has 0 aliphatic rings. The predicted molar refractivity (Wildman–Crippen MR) is 126 cm³/mol. The molecule has 0 atom stereocenters. The number of nitriles is 1. The maximum Gasteiger partial charge on any atom is 0.310 e. The standard InChI is InChI=1S/C26H22FN3O4S/c1-3-34-25(31)14-22-17(2)24(30-16-18(15-28)6-11-23(22)30)13-19-5-4-12-29-26(19)35(32,33)21-9-7-20(27)8-10-21/h4-12,16H,3,13-14H2,1-2H3. The molecule has 0 saturated carbocycles. The lowest BCUT2D eigenvalue weighted by molar-refractivity contribution is -0.142. The molecule has 178 valence electrons. The average Bonchev–Trinajstić information content (AvgIpc) is 3.10. The van der Waals surface area contributed by atoms with Crippen molar-refractivity contribution in [2.75, 3.05) is 6.61 Å². The molecule has 0 fully saturated rings. The molecule has 3 aromatic heterocycles. The Morgan fingerprint density at radius 1 is 1.17 bits per heavy atom. The number of ether oxygens (including phenoxy) is 1. The number of hydrogen-bond donors (Lipinski definition) is 0. The van der Waals surface area contributed by atoms with Gasteiger partial charge in [0.05, 0.1) is 23.5 Å². The van der Waals surface area contributed by atoms with E-state index in [2.05, 4.69) is 11.1 Å². The number of nitrogens with zero attached hydrogens (tertiary/aromatic N) is 3. The first-order chi connectivity index (χ1) is 16.8. The Morgan fingerprint density at radius 3 is 2.60 bits per heavy atom. The van der Waals surface area contributed by atoms with Crippen molar-refractivity contribution in [1.82, 2.24) is 9.38 Å². The largest absolute Gasteiger partial charge is 0.466 e. The first-order valence-corrected chi connectivity index (χ1v) is 12.4. The van der Waals surface area contributed by atoms with Crippen LogP contribution >= 0.6 is 0 Å². The normalized spacial score (nSPS) is 11.4. The van der Waals surface area contributed by atoms with E-state index >= 15 is 0 Å². The minimum absolute atomic E-state index is 0.0445. The Kier molecular flexibility index (Phi) is 6.67. The fourth-order valence-electron chi connectivity index (χ4n) is 4.09. The molecule has 0 spiro atoms. The SMILES string of the molecule is CCOC(=O)Cc1c(C)c(Cc2cccnc2S(=O)(=O)c2ccc(F)cc2)n2cc(C#N)ccc12. The number of carbonyl (C=O) groups is 1. The van der Waals surface area contributed by atoms with Gasteiger partial charge >= 0.3 is 5.97 Å². The van der Waals surface area contributed by atoms with Crippen molar-refractivity contribution >= 4 is 21.3 Å². The Labute approximate surface area is 202 Å². The van der Waals surface area contributed by atoms with E-state index in [-0.39, 0.29) is 35.3 Å². The van der Waals surface area contributed by atoms with Crippen molar-refractivity contribution in [3.63, 3.8) is 0 Å². The van der Waals surface area contributed by atoms with Crippen LogP contribution in [0.5, 0.6) is 0 Å². The zero-order chi connectivity index (χ0) is 25.2. The van der Waals surface area contributed by atoms with Gasteiger partial charge in [0.1, 0.15) is 11.9 Å². The topological polar surface area (TPSA) is 102 Å². The van der Waals surface area contributed by atoms with E-state index in [9.17, 15) is 22.9 Å². The molecular weight excluding hydrogens is 469 g/mol. The molecule has 4 rings (SSSR count). The third-order valence-corrected chi connectivity index (χ3v) is 7.55. The number of esters is 1. The molecule has 3 heterocycles. The molecule has 0 saturated heterocycles. The van der Waals surface area contributed by atoms with Crippen LogP contribution in [0.4, 0.5) is 4.39 Å². The number of carbonyl (C=O) groups excluding carboxylic acids is 1. The highest BCUT2D eigenvalue weighted by molar-refractivity contribution is 7.91. The number of rotatable bonds is 7. The summed E-state index contributed by atoms with van der Waals surface area (Å²) in [7, 11) is -4.02. The van der Waals surface area contributed by atoms with Crippen LogP contribution in [0.2, 0.25) is 0 Å². The van der Waals surface area contributed by atoms with Gasteiger partial charge < -0.3 is 9.14 Å². The van der Waals surface area contributed by atoms with Gasteiger partial charge in [0.2, 0.25) is 9.84 Å². The highest BCUT2D eigenvalue weighted by atomic mass is 32.2. The van der Waals surface area contributed by atoms with Crippen molar-refractivity contribution in [2.24, 2.45) is 0 Å². The quantitative estimate of drug-likeness (QED) is 0.284. The smallest absolute Gasteiger partial charge is 0.310 e. The van der Waals surface area contributed by atoms with Crippen LogP contribution in [-0.4, -0.2) is 30.4 Å². The van der Waals surface area contributed by atoms with Gasteiger partial charge in [-0.05, 0) is 73.0 Å². The molecule has 0 aliphatic carbocycles. The summed E-state index contributed by atoms with van der Waals surface area (Å²) in [4.78, 5) is 16.4. The Hall–Kier alpha value is -4.03. The molecular formula is C26H22FN3O4S. The van der Waals surface area contributed by atoms with Crippen LogP contribution in [0.25, 0.3) is 5.52 Å². The van der Waals surface area contributed by atoms with Crippen molar-refractivity contribution in [3.05, 3.63) is 94.7 Å². The number of fused-ring (bicyclic) bond motifs is 1. The van der Waals surface area contributed by atoms with Gasteiger partial charge in [0.25, 0.3) is 0 Å². The molecule has 0 radical (unpaired) electrons. The van der Waals surface area contributed by atoms with Crippen molar-refractivity contribution in [1.29, 1.82) is 5.26 Å². The summed E-state index contributed by atoms with van der Waals surface area (Å²) in [5.74, 6) is -0.914. The number of hydrogen-bond acceptors (Lipinski definition) is 6. The molecule has 0 amide bonds. The third kappa shape index (κ3) is 4.66. The minimum atomic E-state index is -4.02. The van der Waals surface area contributed by atoms with Gasteiger partial charge in [-0.2, -0.15) is 5.26 Å². The highest BCUT2D eigenvalue weighted by Gasteiger charge is 2.25. The van der Waals surface area contributed by atoms with Gasteiger partial charge in [-0.3, -0.25) is 4.79 Å². The van der Waals surface area contributed by atoms with E-state index in [4.69, 9.17) is 4.74 Å². The summed E-state index contributed by atoms with van der Waals surface area (Å²) in [5.41, 5.74) is 3.85. The molecule has 7 nitrogen and oxygen atoms in total. The van der Waals surface area contributed by atoms with E-state index in [0.29, 0.717) is 11.1 Å².